The SMILES string of the molecule is CC(C)[C@@H](N)C(=O)Nc1ccc(OCC(=O)O)cc1. The number of anilines is 1. The average Bonchev–Trinajstić information content (AvgIpc) is 2.36. The monoisotopic (exact) mass is 266 g/mol. The lowest BCUT2D eigenvalue weighted by molar-refractivity contribution is -0.139. The number of aliphatic carboxylic acids is 1. The second-order valence-corrected chi connectivity index (χ2v) is 4.47. The van der Waals surface area contributed by atoms with Gasteiger partial charge in [0.25, 0.3) is 0 Å². The highest BCUT2D eigenvalue weighted by Crippen LogP contribution is 2.16. The van der Waals surface area contributed by atoms with Gasteiger partial charge in [-0.25, -0.2) is 4.79 Å². The Hall–Kier alpha value is -2.08. The van der Waals surface area contributed by atoms with E-state index >= 15 is 0 Å². The lowest BCUT2D eigenvalue weighted by Gasteiger charge is -2.15. The summed E-state index contributed by atoms with van der Waals surface area (Å²) in [5.74, 6) is -0.818. The van der Waals surface area contributed by atoms with Crippen LogP contribution >= 0.6 is 0 Å². The van der Waals surface area contributed by atoms with E-state index in [4.69, 9.17) is 15.6 Å². The Kier molecular flexibility index (Phi) is 5.32. The van der Waals surface area contributed by atoms with Crippen molar-refractivity contribution in [3.8, 4) is 5.75 Å². The van der Waals surface area contributed by atoms with Gasteiger partial charge in [0.15, 0.2) is 6.61 Å². The van der Waals surface area contributed by atoms with Crippen LogP contribution in [-0.2, 0) is 9.59 Å². The van der Waals surface area contributed by atoms with Gasteiger partial charge in [-0.2, -0.15) is 0 Å². The van der Waals surface area contributed by atoms with Gasteiger partial charge in [0, 0.05) is 5.69 Å². The Labute approximate surface area is 111 Å². The van der Waals surface area contributed by atoms with Crippen LogP contribution in [0, 0.1) is 5.92 Å². The van der Waals surface area contributed by atoms with E-state index < -0.39 is 18.6 Å². The minimum Gasteiger partial charge on any atom is -0.482 e. The van der Waals surface area contributed by atoms with Crippen LogP contribution in [0.15, 0.2) is 24.3 Å². The minimum atomic E-state index is -1.04. The van der Waals surface area contributed by atoms with Gasteiger partial charge < -0.3 is 20.9 Å². The molecule has 4 N–H and O–H groups in total. The van der Waals surface area contributed by atoms with Crippen LogP contribution in [0.2, 0.25) is 0 Å². The number of ether oxygens (including phenoxy) is 1. The van der Waals surface area contributed by atoms with Gasteiger partial charge in [-0.3, -0.25) is 4.79 Å². The molecule has 0 saturated carbocycles. The van der Waals surface area contributed by atoms with Gasteiger partial charge in [0.2, 0.25) is 5.91 Å². The van der Waals surface area contributed by atoms with Crippen LogP contribution in [0.25, 0.3) is 0 Å². The molecule has 0 aliphatic carbocycles. The van der Waals surface area contributed by atoms with Crippen LogP contribution < -0.4 is 15.8 Å². The lowest BCUT2D eigenvalue weighted by atomic mass is 10.1. The Morgan fingerprint density at radius 3 is 2.37 bits per heavy atom. The first-order valence-electron chi connectivity index (χ1n) is 5.91. The molecule has 0 aliphatic heterocycles. The normalized spacial score (nSPS) is 12.0. The number of carboxylic acid groups (broad SMARTS) is 1. The molecule has 6 nitrogen and oxygen atoms in total. The molecule has 19 heavy (non-hydrogen) atoms. The maximum absolute atomic E-state index is 11.7. The molecule has 6 heteroatoms. The largest absolute Gasteiger partial charge is 0.482 e. The summed E-state index contributed by atoms with van der Waals surface area (Å²) in [4.78, 5) is 22.0. The molecular weight excluding hydrogens is 248 g/mol. The average molecular weight is 266 g/mol. The summed E-state index contributed by atoms with van der Waals surface area (Å²) in [5, 5.41) is 11.1. The zero-order chi connectivity index (χ0) is 14.4. The molecular formula is C13H18N2O4. The summed E-state index contributed by atoms with van der Waals surface area (Å²) in [7, 11) is 0. The predicted octanol–water partition coefficient (Wildman–Crippen LogP) is 1.07. The standard InChI is InChI=1S/C13H18N2O4/c1-8(2)12(14)13(18)15-9-3-5-10(6-4-9)19-7-11(16)17/h3-6,8,12H,7,14H2,1-2H3,(H,15,18)(H,16,17)/t12-/m1/s1. The van der Waals surface area contributed by atoms with Gasteiger partial charge in [0.05, 0.1) is 6.04 Å². The van der Waals surface area contributed by atoms with E-state index in [1.165, 1.54) is 0 Å². The first-order chi connectivity index (χ1) is 8.90. The van der Waals surface area contributed by atoms with E-state index in [-0.39, 0.29) is 11.8 Å². The van der Waals surface area contributed by atoms with Crippen molar-refractivity contribution in [2.24, 2.45) is 11.7 Å². The van der Waals surface area contributed by atoms with Crippen LogP contribution in [0.3, 0.4) is 0 Å². The van der Waals surface area contributed by atoms with Crippen molar-refractivity contribution in [2.45, 2.75) is 19.9 Å². The molecule has 0 heterocycles. The lowest BCUT2D eigenvalue weighted by Crippen LogP contribution is -2.39. The molecule has 0 aromatic heterocycles. The Bertz CT molecular complexity index is 442. The fourth-order valence-corrected chi connectivity index (χ4v) is 1.31. The molecule has 1 aromatic rings. The van der Waals surface area contributed by atoms with Crippen molar-refractivity contribution in [3.05, 3.63) is 24.3 Å². The van der Waals surface area contributed by atoms with Crippen molar-refractivity contribution >= 4 is 17.6 Å². The molecule has 0 unspecified atom stereocenters. The topological polar surface area (TPSA) is 102 Å². The van der Waals surface area contributed by atoms with E-state index in [1.807, 2.05) is 13.8 Å². The summed E-state index contributed by atoms with van der Waals surface area (Å²) in [5.41, 5.74) is 6.30. The fraction of sp³-hybridized carbons (Fsp3) is 0.385. The zero-order valence-electron chi connectivity index (χ0n) is 10.9. The summed E-state index contributed by atoms with van der Waals surface area (Å²) in [6.07, 6.45) is 0. The molecule has 0 saturated heterocycles. The maximum Gasteiger partial charge on any atom is 0.341 e. The second kappa shape index (κ2) is 6.75. The molecule has 0 radical (unpaired) electrons. The summed E-state index contributed by atoms with van der Waals surface area (Å²) in [6.45, 7) is 3.34. The van der Waals surface area contributed by atoms with Crippen molar-refractivity contribution in [3.63, 3.8) is 0 Å². The number of benzene rings is 1. The molecule has 104 valence electrons. The van der Waals surface area contributed by atoms with Gasteiger partial charge in [0.1, 0.15) is 5.75 Å². The molecule has 0 bridgehead atoms. The number of carbonyl (C=O) groups excluding carboxylic acids is 1. The molecule has 0 aliphatic rings. The quantitative estimate of drug-likeness (QED) is 0.715. The van der Waals surface area contributed by atoms with Gasteiger partial charge in [-0.15, -0.1) is 0 Å². The highest BCUT2D eigenvalue weighted by molar-refractivity contribution is 5.94. The van der Waals surface area contributed by atoms with Gasteiger partial charge in [-0.05, 0) is 30.2 Å². The molecule has 1 amide bonds. The van der Waals surface area contributed by atoms with E-state index in [0.29, 0.717) is 11.4 Å². The van der Waals surface area contributed by atoms with Crippen molar-refractivity contribution in [2.75, 3.05) is 11.9 Å². The minimum absolute atomic E-state index is 0.0539. The highest BCUT2D eigenvalue weighted by Gasteiger charge is 2.16. The number of rotatable bonds is 6. The van der Waals surface area contributed by atoms with Crippen LogP contribution in [0.4, 0.5) is 5.69 Å². The molecule has 0 fully saturated rings. The first kappa shape index (κ1) is 15.0. The number of amides is 1. The zero-order valence-corrected chi connectivity index (χ0v) is 10.9. The van der Waals surface area contributed by atoms with Gasteiger partial charge in [-0.1, -0.05) is 13.8 Å². The van der Waals surface area contributed by atoms with Crippen molar-refractivity contribution < 1.29 is 19.4 Å². The molecule has 1 atom stereocenters. The van der Waals surface area contributed by atoms with Crippen molar-refractivity contribution in [1.29, 1.82) is 0 Å². The summed E-state index contributed by atoms with van der Waals surface area (Å²) < 4.78 is 4.98. The number of carbonyl (C=O) groups is 2. The third kappa shape index (κ3) is 4.97. The van der Waals surface area contributed by atoms with Crippen molar-refractivity contribution in [1.82, 2.24) is 0 Å². The van der Waals surface area contributed by atoms with E-state index in [2.05, 4.69) is 5.32 Å². The van der Waals surface area contributed by atoms with E-state index in [0.717, 1.165) is 0 Å². The Morgan fingerprint density at radius 1 is 1.32 bits per heavy atom. The van der Waals surface area contributed by atoms with Crippen LogP contribution in [0.1, 0.15) is 13.8 Å². The third-order valence-corrected chi connectivity index (χ3v) is 2.51. The number of nitrogens with one attached hydrogen (secondary N) is 1. The molecule has 1 rings (SSSR count). The first-order valence-corrected chi connectivity index (χ1v) is 5.91. The number of carboxylic acids is 1. The number of nitrogens with two attached hydrogens (primary N) is 1. The Balaban J connectivity index is 2.57. The van der Waals surface area contributed by atoms with Crippen LogP contribution in [-0.4, -0.2) is 29.6 Å². The van der Waals surface area contributed by atoms with Crippen LogP contribution in [0.5, 0.6) is 5.75 Å². The predicted molar refractivity (Wildman–Crippen MR) is 71.0 cm³/mol. The summed E-state index contributed by atoms with van der Waals surface area (Å²) in [6, 6.07) is 5.85. The second-order valence-electron chi connectivity index (χ2n) is 4.47. The Morgan fingerprint density at radius 2 is 1.89 bits per heavy atom. The highest BCUT2D eigenvalue weighted by atomic mass is 16.5. The fourth-order valence-electron chi connectivity index (χ4n) is 1.31. The summed E-state index contributed by atoms with van der Waals surface area (Å²) >= 11 is 0. The maximum atomic E-state index is 11.7. The number of hydrogen-bond donors (Lipinski definition) is 3. The number of hydrogen-bond acceptors (Lipinski definition) is 4. The van der Waals surface area contributed by atoms with E-state index in [9.17, 15) is 9.59 Å². The smallest absolute Gasteiger partial charge is 0.341 e. The molecule has 0 spiro atoms. The molecule has 1 aromatic carbocycles. The third-order valence-electron chi connectivity index (χ3n) is 2.51. The van der Waals surface area contributed by atoms with E-state index in [1.54, 1.807) is 24.3 Å². The van der Waals surface area contributed by atoms with Gasteiger partial charge >= 0.3 is 5.97 Å².